The van der Waals surface area contributed by atoms with Crippen molar-refractivity contribution in [2.75, 3.05) is 6.67 Å². The number of carbonyl (C=O) groups excluding carboxylic acids is 1. The molecule has 4 unspecified atom stereocenters. The van der Waals surface area contributed by atoms with Gasteiger partial charge in [-0.05, 0) is 18.8 Å². The molecule has 0 radical (unpaired) electrons. The summed E-state index contributed by atoms with van der Waals surface area (Å²) in [7, 11) is 0. The second-order valence-electron chi connectivity index (χ2n) is 4.15. The Kier molecular flexibility index (Phi) is 2.60. The number of nitrogens with one attached hydrogen (secondary N) is 2. The van der Waals surface area contributed by atoms with Gasteiger partial charge in [0.25, 0.3) is 0 Å². The van der Waals surface area contributed by atoms with Gasteiger partial charge in [-0.1, -0.05) is 22.9 Å². The minimum atomic E-state index is 0.168. The summed E-state index contributed by atoms with van der Waals surface area (Å²) in [6.07, 6.45) is 2.19. The van der Waals surface area contributed by atoms with E-state index in [1.54, 1.807) is 0 Å². The van der Waals surface area contributed by atoms with Gasteiger partial charge >= 0.3 is 0 Å². The van der Waals surface area contributed by atoms with E-state index in [0.29, 0.717) is 23.5 Å². The summed E-state index contributed by atoms with van der Waals surface area (Å²) in [5, 5.41) is 6.19. The molecule has 2 aliphatic rings. The molecule has 1 saturated heterocycles. The van der Waals surface area contributed by atoms with Crippen molar-refractivity contribution in [1.29, 1.82) is 0 Å². The summed E-state index contributed by atoms with van der Waals surface area (Å²) in [6.45, 7) is 2.84. The van der Waals surface area contributed by atoms with Crippen LogP contribution in [0.1, 0.15) is 19.8 Å². The Bertz CT molecular complexity index is 222. The predicted octanol–water partition coefficient (Wildman–Crippen LogP) is 0.841. The van der Waals surface area contributed by atoms with Gasteiger partial charge in [-0.3, -0.25) is 10.1 Å². The molecule has 4 atom stereocenters. The van der Waals surface area contributed by atoms with Crippen molar-refractivity contribution in [2.45, 2.75) is 30.6 Å². The number of hydrogen-bond donors (Lipinski definition) is 2. The van der Waals surface area contributed by atoms with Gasteiger partial charge in [-0.15, -0.1) is 0 Å². The first-order valence-electron chi connectivity index (χ1n) is 4.83. The normalized spacial score (nSPS) is 45.2. The van der Waals surface area contributed by atoms with Crippen molar-refractivity contribution in [3.05, 3.63) is 0 Å². The number of rotatable bonds is 0. The topological polar surface area (TPSA) is 41.1 Å². The average molecular weight is 247 g/mol. The van der Waals surface area contributed by atoms with Crippen LogP contribution < -0.4 is 10.6 Å². The van der Waals surface area contributed by atoms with E-state index in [9.17, 15) is 4.79 Å². The smallest absolute Gasteiger partial charge is 0.225 e. The Morgan fingerprint density at radius 3 is 3.00 bits per heavy atom. The highest BCUT2D eigenvalue weighted by Gasteiger charge is 2.40. The lowest BCUT2D eigenvalue weighted by molar-refractivity contribution is -0.129. The lowest BCUT2D eigenvalue weighted by Gasteiger charge is -2.41. The third-order valence-corrected chi connectivity index (χ3v) is 3.99. The zero-order valence-corrected chi connectivity index (χ0v) is 9.30. The van der Waals surface area contributed by atoms with Crippen LogP contribution in [-0.4, -0.2) is 23.4 Å². The van der Waals surface area contributed by atoms with Gasteiger partial charge in [-0.25, -0.2) is 0 Å². The third-order valence-electron chi connectivity index (χ3n) is 3.04. The Balaban J connectivity index is 2.12. The van der Waals surface area contributed by atoms with Crippen molar-refractivity contribution < 1.29 is 4.79 Å². The molecule has 1 aliphatic heterocycles. The summed E-state index contributed by atoms with van der Waals surface area (Å²) in [5.74, 6) is 1.04. The molecule has 0 aromatic rings. The highest BCUT2D eigenvalue weighted by atomic mass is 79.9. The molecule has 0 aromatic heterocycles. The molecule has 1 saturated carbocycles. The fraction of sp³-hybridized carbons (Fsp3) is 0.889. The molecule has 0 aromatic carbocycles. The van der Waals surface area contributed by atoms with E-state index in [1.165, 1.54) is 6.42 Å². The van der Waals surface area contributed by atoms with Gasteiger partial charge in [0.05, 0.1) is 12.6 Å². The summed E-state index contributed by atoms with van der Waals surface area (Å²) in [4.78, 5) is 12.0. The quantitative estimate of drug-likeness (QED) is 0.623. The van der Waals surface area contributed by atoms with Crippen LogP contribution in [-0.2, 0) is 4.79 Å². The highest BCUT2D eigenvalue weighted by molar-refractivity contribution is 9.09. The van der Waals surface area contributed by atoms with Crippen LogP contribution in [0.2, 0.25) is 0 Å². The van der Waals surface area contributed by atoms with Crippen molar-refractivity contribution in [2.24, 2.45) is 11.8 Å². The number of alkyl halides is 1. The number of fused-ring (bicyclic) bond motifs is 1. The Labute approximate surface area is 86.8 Å². The molecule has 3 nitrogen and oxygen atoms in total. The fourth-order valence-electron chi connectivity index (χ4n) is 2.39. The third kappa shape index (κ3) is 1.74. The molecule has 1 aliphatic carbocycles. The van der Waals surface area contributed by atoms with E-state index in [4.69, 9.17) is 0 Å². The van der Waals surface area contributed by atoms with Crippen molar-refractivity contribution in [3.8, 4) is 0 Å². The average Bonchev–Trinajstić information content (AvgIpc) is 2.07. The zero-order chi connectivity index (χ0) is 9.42. The standard InChI is InChI=1S/C9H15BrN2O/c1-5-2-6-8(7(10)3-5)11-4-12-9(6)13/h5-8,11H,2-4H2,1H3,(H,12,13). The van der Waals surface area contributed by atoms with Gasteiger partial charge < -0.3 is 5.32 Å². The summed E-state index contributed by atoms with van der Waals surface area (Å²) < 4.78 is 0. The maximum Gasteiger partial charge on any atom is 0.225 e. The SMILES string of the molecule is CC1CC(Br)C2NCNC(=O)C2C1. The second-order valence-corrected chi connectivity index (χ2v) is 5.32. The van der Waals surface area contributed by atoms with Gasteiger partial charge in [0.15, 0.2) is 0 Å². The van der Waals surface area contributed by atoms with Crippen LogP contribution in [0.25, 0.3) is 0 Å². The monoisotopic (exact) mass is 246 g/mol. The van der Waals surface area contributed by atoms with E-state index in [1.807, 2.05) is 0 Å². The lowest BCUT2D eigenvalue weighted by atomic mass is 9.77. The van der Waals surface area contributed by atoms with E-state index < -0.39 is 0 Å². The summed E-state index contributed by atoms with van der Waals surface area (Å²) in [6, 6.07) is 0.338. The predicted molar refractivity (Wildman–Crippen MR) is 54.5 cm³/mol. The molecule has 2 rings (SSSR count). The maximum absolute atomic E-state index is 11.5. The Morgan fingerprint density at radius 1 is 1.46 bits per heavy atom. The zero-order valence-electron chi connectivity index (χ0n) is 7.72. The van der Waals surface area contributed by atoms with Crippen molar-refractivity contribution in [1.82, 2.24) is 10.6 Å². The van der Waals surface area contributed by atoms with Crippen LogP contribution in [0, 0.1) is 11.8 Å². The van der Waals surface area contributed by atoms with Gasteiger partial charge in [0.1, 0.15) is 0 Å². The Hall–Kier alpha value is -0.0900. The number of carbonyl (C=O) groups is 1. The Morgan fingerprint density at radius 2 is 2.23 bits per heavy atom. The highest BCUT2D eigenvalue weighted by Crippen LogP contribution is 2.34. The fourth-order valence-corrected chi connectivity index (χ4v) is 3.58. The molecule has 74 valence electrons. The first kappa shape index (κ1) is 9.46. The van der Waals surface area contributed by atoms with Gasteiger partial charge in [0.2, 0.25) is 5.91 Å². The lowest BCUT2D eigenvalue weighted by Crippen LogP contribution is -2.60. The van der Waals surface area contributed by atoms with Crippen LogP contribution in [0.5, 0.6) is 0 Å². The van der Waals surface area contributed by atoms with E-state index in [2.05, 4.69) is 33.5 Å². The minimum absolute atomic E-state index is 0.168. The molecule has 0 bridgehead atoms. The minimum Gasteiger partial charge on any atom is -0.343 e. The van der Waals surface area contributed by atoms with Gasteiger partial charge in [0, 0.05) is 10.9 Å². The molecule has 2 fully saturated rings. The first-order chi connectivity index (χ1) is 6.18. The molecule has 4 heteroatoms. The molecule has 13 heavy (non-hydrogen) atoms. The molecular weight excluding hydrogens is 232 g/mol. The molecule has 2 N–H and O–H groups in total. The second kappa shape index (κ2) is 3.58. The van der Waals surface area contributed by atoms with Gasteiger partial charge in [-0.2, -0.15) is 0 Å². The van der Waals surface area contributed by atoms with E-state index >= 15 is 0 Å². The number of amides is 1. The van der Waals surface area contributed by atoms with Crippen molar-refractivity contribution in [3.63, 3.8) is 0 Å². The largest absolute Gasteiger partial charge is 0.343 e. The van der Waals surface area contributed by atoms with Crippen LogP contribution in [0.4, 0.5) is 0 Å². The number of hydrogen-bond acceptors (Lipinski definition) is 2. The van der Waals surface area contributed by atoms with Crippen LogP contribution in [0.15, 0.2) is 0 Å². The van der Waals surface area contributed by atoms with Crippen LogP contribution in [0.3, 0.4) is 0 Å². The maximum atomic E-state index is 11.5. The summed E-state index contributed by atoms with van der Waals surface area (Å²) >= 11 is 3.66. The number of halogens is 1. The van der Waals surface area contributed by atoms with Crippen molar-refractivity contribution >= 4 is 21.8 Å². The molecule has 1 heterocycles. The molecular formula is C9H15BrN2O. The van der Waals surface area contributed by atoms with Crippen LogP contribution >= 0.6 is 15.9 Å². The van der Waals surface area contributed by atoms with E-state index in [-0.39, 0.29) is 11.8 Å². The first-order valence-corrected chi connectivity index (χ1v) is 5.75. The summed E-state index contributed by atoms with van der Waals surface area (Å²) in [5.41, 5.74) is 0. The van der Waals surface area contributed by atoms with E-state index in [0.717, 1.165) is 6.42 Å². The molecule has 1 amide bonds. The molecule has 0 spiro atoms.